The molecule has 0 saturated heterocycles. The average molecular weight is 164 g/mol. The van der Waals surface area contributed by atoms with Crippen LogP contribution in [0.3, 0.4) is 0 Å². The predicted octanol–water partition coefficient (Wildman–Crippen LogP) is 2.48. The van der Waals surface area contributed by atoms with Gasteiger partial charge in [0.05, 0.1) is 0 Å². The zero-order chi connectivity index (χ0) is 8.04. The molecule has 1 nitrogen and oxygen atoms in total. The molecule has 0 aliphatic rings. The standard InChI is InChI=1S/C8H21OP/c1-4-7-8-10(9,5-2)6-3/h9-10H,4-8H2,1-3H3. The predicted molar refractivity (Wildman–Crippen MR) is 51.4 cm³/mol. The van der Waals surface area contributed by atoms with Crippen molar-refractivity contribution in [1.82, 2.24) is 0 Å². The van der Waals surface area contributed by atoms with E-state index in [0.717, 1.165) is 18.5 Å². The van der Waals surface area contributed by atoms with Gasteiger partial charge in [-0.15, -0.1) is 0 Å². The van der Waals surface area contributed by atoms with Crippen LogP contribution in [0.4, 0.5) is 0 Å². The van der Waals surface area contributed by atoms with Gasteiger partial charge in [-0.25, -0.2) is 0 Å². The molecule has 0 radical (unpaired) electrons. The minimum absolute atomic E-state index is 1.03. The van der Waals surface area contributed by atoms with Gasteiger partial charge in [-0.1, -0.05) is 0 Å². The van der Waals surface area contributed by atoms with E-state index in [9.17, 15) is 4.89 Å². The Morgan fingerprint density at radius 1 is 1.10 bits per heavy atom. The molecule has 0 aliphatic heterocycles. The van der Waals surface area contributed by atoms with E-state index < -0.39 is 7.49 Å². The van der Waals surface area contributed by atoms with E-state index in [1.807, 2.05) is 0 Å². The molecule has 0 spiro atoms. The van der Waals surface area contributed by atoms with Gasteiger partial charge in [0.1, 0.15) is 0 Å². The summed E-state index contributed by atoms with van der Waals surface area (Å²) >= 11 is 0. The Hall–Kier alpha value is 0.390. The molecule has 0 aromatic carbocycles. The van der Waals surface area contributed by atoms with Gasteiger partial charge in [0.25, 0.3) is 0 Å². The Morgan fingerprint density at radius 3 is 1.90 bits per heavy atom. The van der Waals surface area contributed by atoms with Crippen molar-refractivity contribution in [2.75, 3.05) is 18.5 Å². The summed E-state index contributed by atoms with van der Waals surface area (Å²) in [4.78, 5) is 9.90. The molecule has 0 aliphatic carbocycles. The van der Waals surface area contributed by atoms with E-state index >= 15 is 0 Å². The van der Waals surface area contributed by atoms with Crippen molar-refractivity contribution in [2.45, 2.75) is 33.6 Å². The molecular weight excluding hydrogens is 143 g/mol. The Balaban J connectivity index is 3.58. The van der Waals surface area contributed by atoms with Gasteiger partial charge in [0.15, 0.2) is 0 Å². The van der Waals surface area contributed by atoms with Crippen LogP contribution in [0.15, 0.2) is 0 Å². The monoisotopic (exact) mass is 164 g/mol. The van der Waals surface area contributed by atoms with E-state index in [4.69, 9.17) is 0 Å². The Morgan fingerprint density at radius 2 is 1.60 bits per heavy atom. The van der Waals surface area contributed by atoms with Crippen LogP contribution in [0.25, 0.3) is 0 Å². The third-order valence-electron chi connectivity index (χ3n) is 2.31. The van der Waals surface area contributed by atoms with E-state index in [-0.39, 0.29) is 0 Å². The van der Waals surface area contributed by atoms with Gasteiger partial charge in [-0.3, -0.25) is 0 Å². The number of rotatable bonds is 5. The Bertz CT molecular complexity index is 79.3. The van der Waals surface area contributed by atoms with Crippen molar-refractivity contribution in [2.24, 2.45) is 0 Å². The molecule has 64 valence electrons. The summed E-state index contributed by atoms with van der Waals surface area (Å²) < 4.78 is 0. The maximum atomic E-state index is 9.90. The number of unbranched alkanes of at least 4 members (excludes halogenated alkanes) is 1. The van der Waals surface area contributed by atoms with Crippen molar-refractivity contribution in [3.05, 3.63) is 0 Å². The molecule has 0 aromatic heterocycles. The van der Waals surface area contributed by atoms with Crippen LogP contribution < -0.4 is 0 Å². The van der Waals surface area contributed by atoms with Crippen molar-refractivity contribution >= 4 is 7.49 Å². The molecule has 10 heavy (non-hydrogen) atoms. The van der Waals surface area contributed by atoms with Gasteiger partial charge >= 0.3 is 64.5 Å². The van der Waals surface area contributed by atoms with Gasteiger partial charge in [0, 0.05) is 0 Å². The summed E-state index contributed by atoms with van der Waals surface area (Å²) in [5.74, 6) is 0. The summed E-state index contributed by atoms with van der Waals surface area (Å²) in [6.45, 7) is 6.41. The number of hydrogen-bond acceptors (Lipinski definition) is 1. The molecule has 0 heterocycles. The summed E-state index contributed by atoms with van der Waals surface area (Å²) in [5.41, 5.74) is 0. The first kappa shape index (κ1) is 10.4. The van der Waals surface area contributed by atoms with Gasteiger partial charge < -0.3 is 0 Å². The van der Waals surface area contributed by atoms with E-state index in [0.29, 0.717) is 0 Å². The molecule has 0 atom stereocenters. The van der Waals surface area contributed by atoms with Gasteiger partial charge in [0.2, 0.25) is 0 Å². The summed E-state index contributed by atoms with van der Waals surface area (Å²) in [5, 5.41) is 0. The zero-order valence-electron chi connectivity index (χ0n) is 7.48. The summed E-state index contributed by atoms with van der Waals surface area (Å²) in [6.07, 6.45) is 5.60. The van der Waals surface area contributed by atoms with E-state index in [2.05, 4.69) is 20.8 Å². The van der Waals surface area contributed by atoms with Gasteiger partial charge in [-0.2, -0.15) is 0 Å². The molecule has 0 unspecified atom stereocenters. The SMILES string of the molecule is CCCC[PH](O)(CC)CC. The van der Waals surface area contributed by atoms with Crippen molar-refractivity contribution in [3.63, 3.8) is 0 Å². The first-order valence-electron chi connectivity index (χ1n) is 4.41. The van der Waals surface area contributed by atoms with Crippen LogP contribution >= 0.6 is 7.49 Å². The third kappa shape index (κ3) is 3.53. The van der Waals surface area contributed by atoms with Crippen LogP contribution in [0.2, 0.25) is 0 Å². The normalized spacial score (nSPS) is 13.6. The molecule has 0 fully saturated rings. The fraction of sp³-hybridized carbons (Fsp3) is 1.00. The second-order valence-corrected chi connectivity index (χ2v) is 7.40. The molecule has 0 amide bonds. The van der Waals surface area contributed by atoms with Crippen LogP contribution in [0.5, 0.6) is 0 Å². The first-order chi connectivity index (χ1) is 4.68. The molecule has 0 rings (SSSR count). The second kappa shape index (κ2) is 5.09. The fourth-order valence-electron chi connectivity index (χ4n) is 1.11. The summed E-state index contributed by atoms with van der Waals surface area (Å²) in [6, 6.07) is 0. The van der Waals surface area contributed by atoms with Crippen molar-refractivity contribution in [1.29, 1.82) is 0 Å². The molecular formula is C8H21OP. The van der Waals surface area contributed by atoms with Crippen LogP contribution in [-0.4, -0.2) is 23.4 Å². The quantitative estimate of drug-likeness (QED) is 0.619. The second-order valence-electron chi connectivity index (χ2n) is 3.04. The number of hydrogen-bond donors (Lipinski definition) is 1. The van der Waals surface area contributed by atoms with E-state index in [1.54, 1.807) is 0 Å². The average Bonchev–Trinajstić information content (AvgIpc) is 2.00. The molecule has 0 bridgehead atoms. The Kier molecular flexibility index (Phi) is 5.29. The fourth-order valence-corrected chi connectivity index (χ4v) is 3.33. The molecule has 0 saturated carbocycles. The van der Waals surface area contributed by atoms with Crippen molar-refractivity contribution in [3.8, 4) is 0 Å². The Labute approximate surface area is 65.3 Å². The van der Waals surface area contributed by atoms with Crippen LogP contribution in [0, 0.1) is 0 Å². The third-order valence-corrected chi connectivity index (χ3v) is 6.23. The molecule has 1 N–H and O–H groups in total. The first-order valence-corrected chi connectivity index (χ1v) is 6.97. The molecule has 2 heteroatoms. The van der Waals surface area contributed by atoms with Crippen molar-refractivity contribution < 1.29 is 4.89 Å². The maximum absolute atomic E-state index is 9.90. The molecule has 0 aromatic rings. The zero-order valence-corrected chi connectivity index (χ0v) is 8.48. The summed E-state index contributed by atoms with van der Waals surface area (Å²) in [7, 11) is -1.72. The minimum atomic E-state index is -1.72. The van der Waals surface area contributed by atoms with Crippen LogP contribution in [-0.2, 0) is 0 Å². The van der Waals surface area contributed by atoms with Crippen LogP contribution in [0.1, 0.15) is 33.6 Å². The topological polar surface area (TPSA) is 20.2 Å². The van der Waals surface area contributed by atoms with Gasteiger partial charge in [-0.05, 0) is 0 Å². The van der Waals surface area contributed by atoms with E-state index in [1.165, 1.54) is 12.8 Å².